The normalized spacial score (nSPS) is 23.2. The molecule has 26 heavy (non-hydrogen) atoms. The molecular formula is C18H26ClN3O4. The zero-order chi connectivity index (χ0) is 17.8. The third kappa shape index (κ3) is 4.47. The summed E-state index contributed by atoms with van der Waals surface area (Å²) in [5, 5.41) is 3.23. The molecule has 0 aromatic heterocycles. The summed E-state index contributed by atoms with van der Waals surface area (Å²) in [6.07, 6.45) is -0.127. The number of carbonyl (C=O) groups excluding carboxylic acids is 2. The number of hydrogen-bond donors (Lipinski definition) is 1. The van der Waals surface area contributed by atoms with Crippen LogP contribution in [0.3, 0.4) is 0 Å². The molecule has 2 atom stereocenters. The molecule has 2 fully saturated rings. The molecule has 2 saturated heterocycles. The highest BCUT2D eigenvalue weighted by Gasteiger charge is 2.34. The first-order valence-electron chi connectivity index (χ1n) is 8.67. The van der Waals surface area contributed by atoms with Crippen molar-refractivity contribution in [3.05, 3.63) is 29.8 Å². The summed E-state index contributed by atoms with van der Waals surface area (Å²) in [4.78, 5) is 28.9. The van der Waals surface area contributed by atoms with Gasteiger partial charge in [-0.25, -0.2) is 0 Å². The molecule has 0 saturated carbocycles. The van der Waals surface area contributed by atoms with E-state index in [4.69, 9.17) is 9.47 Å². The van der Waals surface area contributed by atoms with Gasteiger partial charge in [0.15, 0.2) is 0 Å². The van der Waals surface area contributed by atoms with E-state index in [9.17, 15) is 9.59 Å². The summed E-state index contributed by atoms with van der Waals surface area (Å²) in [5.74, 6) is 0.691. The van der Waals surface area contributed by atoms with Crippen LogP contribution in [0.25, 0.3) is 0 Å². The van der Waals surface area contributed by atoms with Crippen LogP contribution in [0.15, 0.2) is 24.3 Å². The number of morpholine rings is 1. The van der Waals surface area contributed by atoms with Gasteiger partial charge in [0.2, 0.25) is 5.91 Å². The Morgan fingerprint density at radius 2 is 1.88 bits per heavy atom. The van der Waals surface area contributed by atoms with E-state index < -0.39 is 0 Å². The second-order valence-corrected chi connectivity index (χ2v) is 6.36. The van der Waals surface area contributed by atoms with E-state index in [1.165, 1.54) is 0 Å². The molecule has 0 unspecified atom stereocenters. The maximum Gasteiger partial charge on any atom is 0.254 e. The smallest absolute Gasteiger partial charge is 0.254 e. The Hall–Kier alpha value is -1.83. The fourth-order valence-electron chi connectivity index (χ4n) is 3.27. The molecule has 7 nitrogen and oxygen atoms in total. The van der Waals surface area contributed by atoms with Crippen LogP contribution in [0.5, 0.6) is 5.75 Å². The molecule has 1 aromatic rings. The van der Waals surface area contributed by atoms with Crippen molar-refractivity contribution in [2.75, 3.05) is 46.4 Å². The minimum atomic E-state index is -0.297. The van der Waals surface area contributed by atoms with Crippen molar-refractivity contribution in [1.29, 1.82) is 0 Å². The van der Waals surface area contributed by atoms with E-state index in [0.29, 0.717) is 50.6 Å². The van der Waals surface area contributed by atoms with E-state index in [1.54, 1.807) is 24.1 Å². The Morgan fingerprint density at radius 1 is 1.19 bits per heavy atom. The molecule has 0 spiro atoms. The first kappa shape index (κ1) is 20.5. The summed E-state index contributed by atoms with van der Waals surface area (Å²) in [6, 6.07) is 6.85. The Bertz CT molecular complexity index is 635. The molecule has 0 aliphatic carbocycles. The zero-order valence-corrected chi connectivity index (χ0v) is 16.0. The van der Waals surface area contributed by atoms with Gasteiger partial charge in [0.05, 0.1) is 19.8 Å². The minimum absolute atomic E-state index is 0. The Labute approximate surface area is 160 Å². The van der Waals surface area contributed by atoms with Crippen molar-refractivity contribution in [2.24, 2.45) is 0 Å². The van der Waals surface area contributed by atoms with Gasteiger partial charge in [-0.2, -0.15) is 0 Å². The number of hydrogen-bond acceptors (Lipinski definition) is 5. The fraction of sp³-hybridized carbons (Fsp3) is 0.556. The van der Waals surface area contributed by atoms with Crippen molar-refractivity contribution < 1.29 is 19.1 Å². The summed E-state index contributed by atoms with van der Waals surface area (Å²) in [6.45, 7) is 5.38. The topological polar surface area (TPSA) is 71.1 Å². The lowest BCUT2D eigenvalue weighted by Crippen LogP contribution is -2.60. The Kier molecular flexibility index (Phi) is 7.25. The summed E-state index contributed by atoms with van der Waals surface area (Å²) in [7, 11) is 1.58. The molecule has 8 heteroatoms. The van der Waals surface area contributed by atoms with E-state index in [2.05, 4.69) is 5.32 Å². The van der Waals surface area contributed by atoms with Crippen LogP contribution < -0.4 is 10.1 Å². The van der Waals surface area contributed by atoms with Crippen molar-refractivity contribution in [2.45, 2.75) is 19.1 Å². The van der Waals surface area contributed by atoms with Gasteiger partial charge in [0, 0.05) is 38.3 Å². The van der Waals surface area contributed by atoms with Gasteiger partial charge >= 0.3 is 0 Å². The second kappa shape index (κ2) is 9.21. The highest BCUT2D eigenvalue weighted by molar-refractivity contribution is 5.95. The van der Waals surface area contributed by atoms with Gasteiger partial charge in [0.1, 0.15) is 11.8 Å². The van der Waals surface area contributed by atoms with Crippen molar-refractivity contribution in [3.8, 4) is 5.75 Å². The lowest BCUT2D eigenvalue weighted by Gasteiger charge is -2.38. The molecule has 2 aliphatic heterocycles. The number of nitrogens with zero attached hydrogens (tertiary/aromatic N) is 2. The van der Waals surface area contributed by atoms with Crippen LogP contribution >= 0.6 is 12.4 Å². The van der Waals surface area contributed by atoms with Crippen molar-refractivity contribution in [3.63, 3.8) is 0 Å². The molecule has 144 valence electrons. The van der Waals surface area contributed by atoms with Gasteiger partial charge in [-0.3, -0.25) is 9.59 Å². The van der Waals surface area contributed by atoms with Crippen molar-refractivity contribution >= 4 is 24.2 Å². The Morgan fingerprint density at radius 3 is 2.54 bits per heavy atom. The van der Waals surface area contributed by atoms with Crippen LogP contribution in [0.1, 0.15) is 17.3 Å². The van der Waals surface area contributed by atoms with Gasteiger partial charge in [0.25, 0.3) is 5.91 Å². The van der Waals surface area contributed by atoms with Crippen LogP contribution in [-0.2, 0) is 9.53 Å². The summed E-state index contributed by atoms with van der Waals surface area (Å²) < 4.78 is 10.7. The molecule has 0 radical (unpaired) electrons. The summed E-state index contributed by atoms with van der Waals surface area (Å²) in [5.41, 5.74) is 0.607. The molecular weight excluding hydrogens is 358 g/mol. The third-order valence-electron chi connectivity index (χ3n) is 4.78. The average Bonchev–Trinajstić information content (AvgIpc) is 2.67. The second-order valence-electron chi connectivity index (χ2n) is 6.36. The van der Waals surface area contributed by atoms with Crippen LogP contribution in [-0.4, -0.2) is 80.2 Å². The standard InChI is InChI=1S/C18H25N3O4.ClH/c1-13-16(19-6-11-25-13)18(23)21-9-7-20(8-10-21)17(22)14-4-3-5-15(12-14)24-2;/h3-5,12-13,16,19H,6-11H2,1-2H3;1H/t13-,16+;/m1./s1. The molecule has 0 bridgehead atoms. The van der Waals surface area contributed by atoms with E-state index >= 15 is 0 Å². The maximum atomic E-state index is 12.7. The van der Waals surface area contributed by atoms with Gasteiger partial charge in [-0.15, -0.1) is 12.4 Å². The van der Waals surface area contributed by atoms with E-state index in [-0.39, 0.29) is 36.4 Å². The number of benzene rings is 1. The molecule has 3 rings (SSSR count). The van der Waals surface area contributed by atoms with Crippen LogP contribution in [0.2, 0.25) is 0 Å². The molecule has 2 heterocycles. The number of halogens is 1. The number of nitrogens with one attached hydrogen (secondary N) is 1. The first-order chi connectivity index (χ1) is 12.1. The minimum Gasteiger partial charge on any atom is -0.497 e. The Balaban J connectivity index is 0.00000243. The number of ether oxygens (including phenoxy) is 2. The number of rotatable bonds is 3. The highest BCUT2D eigenvalue weighted by Crippen LogP contribution is 2.16. The zero-order valence-electron chi connectivity index (χ0n) is 15.1. The SMILES string of the molecule is COc1cccc(C(=O)N2CCN(C(=O)[C@H]3NCCO[C@@H]3C)CC2)c1.Cl. The lowest BCUT2D eigenvalue weighted by atomic mass is 10.1. The van der Waals surface area contributed by atoms with Gasteiger partial charge < -0.3 is 24.6 Å². The first-order valence-corrected chi connectivity index (χ1v) is 8.67. The average molecular weight is 384 g/mol. The molecule has 1 N–H and O–H groups in total. The monoisotopic (exact) mass is 383 g/mol. The van der Waals surface area contributed by atoms with E-state index in [1.807, 2.05) is 24.0 Å². The quantitative estimate of drug-likeness (QED) is 0.835. The number of methoxy groups -OCH3 is 1. The number of carbonyl (C=O) groups is 2. The largest absolute Gasteiger partial charge is 0.497 e. The fourth-order valence-corrected chi connectivity index (χ4v) is 3.27. The predicted octanol–water partition coefficient (Wildman–Crippen LogP) is 0.778. The van der Waals surface area contributed by atoms with Crippen LogP contribution in [0.4, 0.5) is 0 Å². The number of amides is 2. The lowest BCUT2D eigenvalue weighted by molar-refractivity contribution is -0.140. The van der Waals surface area contributed by atoms with E-state index in [0.717, 1.165) is 0 Å². The number of piperazine rings is 1. The van der Waals surface area contributed by atoms with Gasteiger partial charge in [-0.1, -0.05) is 6.07 Å². The van der Waals surface area contributed by atoms with Gasteiger partial charge in [-0.05, 0) is 25.1 Å². The third-order valence-corrected chi connectivity index (χ3v) is 4.78. The summed E-state index contributed by atoms with van der Waals surface area (Å²) >= 11 is 0. The molecule has 1 aromatic carbocycles. The highest BCUT2D eigenvalue weighted by atomic mass is 35.5. The molecule has 2 aliphatic rings. The maximum absolute atomic E-state index is 12.7. The van der Waals surface area contributed by atoms with Crippen molar-refractivity contribution in [1.82, 2.24) is 15.1 Å². The molecule has 2 amide bonds. The predicted molar refractivity (Wildman–Crippen MR) is 99.9 cm³/mol. The van der Waals surface area contributed by atoms with Crippen LogP contribution in [0, 0.1) is 0 Å².